The van der Waals surface area contributed by atoms with Crippen molar-refractivity contribution in [3.63, 3.8) is 0 Å². The molecule has 1 unspecified atom stereocenters. The lowest BCUT2D eigenvalue weighted by atomic mass is 9.97. The predicted octanol–water partition coefficient (Wildman–Crippen LogP) is 2.70. The van der Waals surface area contributed by atoms with Gasteiger partial charge in [-0.2, -0.15) is 0 Å². The predicted molar refractivity (Wildman–Crippen MR) is 85.1 cm³/mol. The second-order valence-electron chi connectivity index (χ2n) is 5.92. The van der Waals surface area contributed by atoms with Crippen LogP contribution in [0.25, 0.3) is 10.8 Å². The topological polar surface area (TPSA) is 46.8 Å². The number of tetrazole rings is 1. The first kappa shape index (κ1) is 13.4. The van der Waals surface area contributed by atoms with E-state index in [0.717, 1.165) is 18.9 Å². The minimum atomic E-state index is 0.447. The molecule has 0 radical (unpaired) electrons. The van der Waals surface area contributed by atoms with Crippen LogP contribution in [0, 0.1) is 0 Å². The molecule has 5 nitrogen and oxygen atoms in total. The highest BCUT2D eigenvalue weighted by Gasteiger charge is 2.28. The Balaban J connectivity index is 1.69. The molecule has 0 saturated carbocycles. The third-order valence-electron chi connectivity index (χ3n) is 4.60. The molecule has 0 bridgehead atoms. The van der Waals surface area contributed by atoms with Gasteiger partial charge in [-0.25, -0.2) is 4.68 Å². The van der Waals surface area contributed by atoms with Gasteiger partial charge in [0.25, 0.3) is 0 Å². The minimum Gasteiger partial charge on any atom is -0.289 e. The molecular formula is C17H19N5. The SMILES string of the molecule is Cn1nnnc1CN1CCCC1c1cccc2ccccc12. The van der Waals surface area contributed by atoms with Crippen molar-refractivity contribution in [1.82, 2.24) is 25.1 Å². The Kier molecular flexibility index (Phi) is 3.35. The maximum atomic E-state index is 4.13. The lowest BCUT2D eigenvalue weighted by molar-refractivity contribution is 0.240. The fourth-order valence-electron chi connectivity index (χ4n) is 3.47. The lowest BCUT2D eigenvalue weighted by Gasteiger charge is -2.25. The minimum absolute atomic E-state index is 0.447. The van der Waals surface area contributed by atoms with E-state index in [1.165, 1.54) is 29.2 Å². The molecule has 0 spiro atoms. The van der Waals surface area contributed by atoms with Gasteiger partial charge in [0.2, 0.25) is 0 Å². The van der Waals surface area contributed by atoms with Crippen molar-refractivity contribution >= 4 is 10.8 Å². The first-order valence-corrected chi connectivity index (χ1v) is 7.76. The van der Waals surface area contributed by atoms with Gasteiger partial charge in [0, 0.05) is 13.1 Å². The summed E-state index contributed by atoms with van der Waals surface area (Å²) >= 11 is 0. The second kappa shape index (κ2) is 5.50. The molecule has 4 rings (SSSR count). The number of hydrogen-bond donors (Lipinski definition) is 0. The van der Waals surface area contributed by atoms with Crippen LogP contribution in [0.15, 0.2) is 42.5 Å². The molecule has 1 atom stereocenters. The van der Waals surface area contributed by atoms with E-state index in [2.05, 4.69) is 62.9 Å². The largest absolute Gasteiger partial charge is 0.289 e. The molecule has 0 N–H and O–H groups in total. The number of nitrogens with zero attached hydrogens (tertiary/aromatic N) is 5. The van der Waals surface area contributed by atoms with Crippen LogP contribution in [-0.4, -0.2) is 31.7 Å². The number of hydrogen-bond acceptors (Lipinski definition) is 4. The molecule has 112 valence electrons. The fraction of sp³-hybridized carbons (Fsp3) is 0.353. The van der Waals surface area contributed by atoms with Crippen LogP contribution in [0.4, 0.5) is 0 Å². The molecule has 5 heteroatoms. The third-order valence-corrected chi connectivity index (χ3v) is 4.60. The first-order valence-electron chi connectivity index (χ1n) is 7.76. The number of benzene rings is 2. The zero-order valence-electron chi connectivity index (χ0n) is 12.7. The van der Waals surface area contributed by atoms with Gasteiger partial charge < -0.3 is 0 Å². The van der Waals surface area contributed by atoms with Crippen molar-refractivity contribution in [3.8, 4) is 0 Å². The highest BCUT2D eigenvalue weighted by molar-refractivity contribution is 5.86. The molecule has 1 saturated heterocycles. The van der Waals surface area contributed by atoms with Crippen molar-refractivity contribution in [3.05, 3.63) is 53.9 Å². The monoisotopic (exact) mass is 293 g/mol. The maximum Gasteiger partial charge on any atom is 0.165 e. The summed E-state index contributed by atoms with van der Waals surface area (Å²) in [5.41, 5.74) is 1.42. The molecule has 1 fully saturated rings. The van der Waals surface area contributed by atoms with E-state index in [1.807, 2.05) is 7.05 Å². The number of aromatic nitrogens is 4. The van der Waals surface area contributed by atoms with E-state index in [-0.39, 0.29) is 0 Å². The summed E-state index contributed by atoms with van der Waals surface area (Å²) in [5.74, 6) is 0.923. The molecule has 0 amide bonds. The number of rotatable bonds is 3. The molecule has 3 aromatic rings. The standard InChI is InChI=1S/C17H19N5/c1-21-17(18-19-20-21)12-22-11-5-10-16(22)15-9-4-7-13-6-2-3-8-14(13)15/h2-4,6-9,16H,5,10-12H2,1H3. The van der Waals surface area contributed by atoms with Crippen LogP contribution in [0.3, 0.4) is 0 Å². The zero-order chi connectivity index (χ0) is 14.9. The van der Waals surface area contributed by atoms with Crippen molar-refractivity contribution in [2.45, 2.75) is 25.4 Å². The van der Waals surface area contributed by atoms with Gasteiger partial charge in [-0.05, 0) is 46.1 Å². The lowest BCUT2D eigenvalue weighted by Crippen LogP contribution is -2.24. The van der Waals surface area contributed by atoms with Crippen LogP contribution in [-0.2, 0) is 13.6 Å². The van der Waals surface area contributed by atoms with E-state index < -0.39 is 0 Å². The quantitative estimate of drug-likeness (QED) is 0.745. The molecule has 1 aliphatic rings. The van der Waals surface area contributed by atoms with Crippen molar-refractivity contribution in [2.75, 3.05) is 6.54 Å². The number of aryl methyl sites for hydroxylation is 1. The third kappa shape index (κ3) is 2.27. The fourth-order valence-corrected chi connectivity index (χ4v) is 3.47. The van der Waals surface area contributed by atoms with Gasteiger partial charge in [0.1, 0.15) is 0 Å². The van der Waals surface area contributed by atoms with Gasteiger partial charge in [-0.15, -0.1) is 5.10 Å². The molecule has 22 heavy (non-hydrogen) atoms. The van der Waals surface area contributed by atoms with Crippen molar-refractivity contribution < 1.29 is 0 Å². The summed E-state index contributed by atoms with van der Waals surface area (Å²) in [7, 11) is 1.90. The average Bonchev–Trinajstić information content (AvgIpc) is 3.17. The Morgan fingerprint density at radius 2 is 2.00 bits per heavy atom. The van der Waals surface area contributed by atoms with E-state index in [1.54, 1.807) is 4.68 Å². The molecule has 2 heterocycles. The van der Waals surface area contributed by atoms with Crippen LogP contribution in [0.5, 0.6) is 0 Å². The summed E-state index contributed by atoms with van der Waals surface area (Å²) in [6.45, 7) is 1.90. The Morgan fingerprint density at radius 1 is 1.14 bits per heavy atom. The average molecular weight is 293 g/mol. The molecule has 0 aliphatic carbocycles. The van der Waals surface area contributed by atoms with E-state index >= 15 is 0 Å². The number of fused-ring (bicyclic) bond motifs is 1. The number of likely N-dealkylation sites (tertiary alicyclic amines) is 1. The van der Waals surface area contributed by atoms with Gasteiger partial charge in [-0.1, -0.05) is 42.5 Å². The highest BCUT2D eigenvalue weighted by Crippen LogP contribution is 2.36. The Bertz CT molecular complexity index is 789. The van der Waals surface area contributed by atoms with Gasteiger partial charge in [0.15, 0.2) is 5.82 Å². The van der Waals surface area contributed by atoms with Crippen LogP contribution >= 0.6 is 0 Å². The first-order chi connectivity index (χ1) is 10.8. The van der Waals surface area contributed by atoms with Crippen LogP contribution in [0.1, 0.15) is 30.3 Å². The van der Waals surface area contributed by atoms with Gasteiger partial charge in [0.05, 0.1) is 6.54 Å². The Labute approximate surface area is 129 Å². The van der Waals surface area contributed by atoms with Crippen molar-refractivity contribution in [1.29, 1.82) is 0 Å². The Morgan fingerprint density at radius 3 is 2.86 bits per heavy atom. The highest BCUT2D eigenvalue weighted by atomic mass is 15.5. The Hall–Kier alpha value is -2.27. The van der Waals surface area contributed by atoms with E-state index in [0.29, 0.717) is 6.04 Å². The second-order valence-corrected chi connectivity index (χ2v) is 5.92. The summed E-state index contributed by atoms with van der Waals surface area (Å²) in [4.78, 5) is 2.49. The maximum absolute atomic E-state index is 4.13. The van der Waals surface area contributed by atoms with Crippen LogP contribution in [0.2, 0.25) is 0 Å². The van der Waals surface area contributed by atoms with E-state index in [4.69, 9.17) is 0 Å². The summed E-state index contributed by atoms with van der Waals surface area (Å²) in [5, 5.41) is 14.5. The van der Waals surface area contributed by atoms with Gasteiger partial charge in [-0.3, -0.25) is 4.90 Å². The summed E-state index contributed by atoms with van der Waals surface area (Å²) in [6, 6.07) is 15.7. The normalized spacial score (nSPS) is 19.0. The summed E-state index contributed by atoms with van der Waals surface area (Å²) in [6.07, 6.45) is 2.42. The molecule has 1 aromatic heterocycles. The van der Waals surface area contributed by atoms with E-state index in [9.17, 15) is 0 Å². The van der Waals surface area contributed by atoms with Crippen LogP contribution < -0.4 is 0 Å². The summed E-state index contributed by atoms with van der Waals surface area (Å²) < 4.78 is 1.76. The van der Waals surface area contributed by atoms with Gasteiger partial charge >= 0.3 is 0 Å². The molecule has 2 aromatic carbocycles. The molecule has 1 aliphatic heterocycles. The zero-order valence-corrected chi connectivity index (χ0v) is 12.7. The molecular weight excluding hydrogens is 274 g/mol. The smallest absolute Gasteiger partial charge is 0.165 e. The van der Waals surface area contributed by atoms with Crippen molar-refractivity contribution in [2.24, 2.45) is 7.05 Å².